The minimum absolute atomic E-state index is 0.0296. The summed E-state index contributed by atoms with van der Waals surface area (Å²) in [5.74, 6) is -0.549. The lowest BCUT2D eigenvalue weighted by Crippen LogP contribution is -2.04. The van der Waals surface area contributed by atoms with Gasteiger partial charge in [0.2, 0.25) is 12.5 Å². The number of ether oxygens (including phenoxy) is 2. The number of thiophene rings is 1. The second-order valence-electron chi connectivity index (χ2n) is 3.22. The molecule has 1 aliphatic heterocycles. The van der Waals surface area contributed by atoms with Gasteiger partial charge in [-0.25, -0.2) is 9.78 Å². The fourth-order valence-corrected chi connectivity index (χ4v) is 2.12. The SMILES string of the molecule is O=C(O)c1nc(-c2cccs2)nc2c1OCO2. The van der Waals surface area contributed by atoms with Crippen LogP contribution in [0.15, 0.2) is 17.5 Å². The summed E-state index contributed by atoms with van der Waals surface area (Å²) in [6.07, 6.45) is 0. The van der Waals surface area contributed by atoms with Gasteiger partial charge in [0.05, 0.1) is 4.88 Å². The first-order valence-electron chi connectivity index (χ1n) is 4.70. The van der Waals surface area contributed by atoms with Gasteiger partial charge in [-0.1, -0.05) is 6.07 Å². The highest BCUT2D eigenvalue weighted by atomic mass is 32.1. The van der Waals surface area contributed by atoms with Crippen molar-refractivity contribution in [1.82, 2.24) is 9.97 Å². The molecule has 0 amide bonds. The monoisotopic (exact) mass is 250 g/mol. The number of carboxylic acids is 1. The molecule has 0 aliphatic carbocycles. The Hall–Kier alpha value is -2.15. The summed E-state index contributed by atoms with van der Waals surface area (Å²) < 4.78 is 10.1. The number of aromatic carboxylic acids is 1. The van der Waals surface area contributed by atoms with Gasteiger partial charge < -0.3 is 14.6 Å². The predicted octanol–water partition coefficient (Wildman–Crippen LogP) is 1.63. The molecule has 0 atom stereocenters. The molecule has 3 heterocycles. The van der Waals surface area contributed by atoms with Crippen LogP contribution >= 0.6 is 11.3 Å². The third-order valence-electron chi connectivity index (χ3n) is 2.18. The van der Waals surface area contributed by atoms with E-state index in [4.69, 9.17) is 14.6 Å². The van der Waals surface area contributed by atoms with Crippen LogP contribution in [0.5, 0.6) is 11.6 Å². The Morgan fingerprint density at radius 1 is 1.41 bits per heavy atom. The molecule has 0 saturated carbocycles. The van der Waals surface area contributed by atoms with Crippen molar-refractivity contribution in [2.24, 2.45) is 0 Å². The molecule has 7 heteroatoms. The van der Waals surface area contributed by atoms with E-state index >= 15 is 0 Å². The smallest absolute Gasteiger partial charge is 0.358 e. The van der Waals surface area contributed by atoms with E-state index in [0.717, 1.165) is 4.88 Å². The van der Waals surface area contributed by atoms with E-state index < -0.39 is 5.97 Å². The van der Waals surface area contributed by atoms with Gasteiger partial charge in [0, 0.05) is 0 Å². The van der Waals surface area contributed by atoms with Crippen molar-refractivity contribution in [1.29, 1.82) is 0 Å². The van der Waals surface area contributed by atoms with E-state index in [2.05, 4.69) is 9.97 Å². The maximum absolute atomic E-state index is 11.1. The molecule has 86 valence electrons. The molecule has 0 bridgehead atoms. The topological polar surface area (TPSA) is 81.5 Å². The third kappa shape index (κ3) is 1.60. The number of hydrogen-bond donors (Lipinski definition) is 1. The van der Waals surface area contributed by atoms with Gasteiger partial charge in [0.15, 0.2) is 11.5 Å². The normalized spacial score (nSPS) is 12.7. The maximum atomic E-state index is 11.1. The highest BCUT2D eigenvalue weighted by Gasteiger charge is 2.27. The molecule has 0 fully saturated rings. The predicted molar refractivity (Wildman–Crippen MR) is 58.4 cm³/mol. The minimum Gasteiger partial charge on any atom is -0.476 e. The lowest BCUT2D eigenvalue weighted by atomic mass is 10.3. The summed E-state index contributed by atoms with van der Waals surface area (Å²) >= 11 is 1.43. The fourth-order valence-electron chi connectivity index (χ4n) is 1.46. The van der Waals surface area contributed by atoms with Crippen LogP contribution in [0.1, 0.15) is 10.5 Å². The number of rotatable bonds is 2. The van der Waals surface area contributed by atoms with Crippen molar-refractivity contribution >= 4 is 17.3 Å². The largest absolute Gasteiger partial charge is 0.476 e. The molecule has 0 aromatic carbocycles. The first-order valence-corrected chi connectivity index (χ1v) is 5.58. The zero-order valence-electron chi connectivity index (χ0n) is 8.41. The van der Waals surface area contributed by atoms with Crippen molar-refractivity contribution in [3.63, 3.8) is 0 Å². The quantitative estimate of drug-likeness (QED) is 0.872. The average molecular weight is 250 g/mol. The molecule has 0 unspecified atom stereocenters. The second kappa shape index (κ2) is 3.70. The Bertz CT molecular complexity index is 582. The van der Waals surface area contributed by atoms with Crippen molar-refractivity contribution in [2.45, 2.75) is 0 Å². The van der Waals surface area contributed by atoms with E-state index in [-0.39, 0.29) is 24.1 Å². The second-order valence-corrected chi connectivity index (χ2v) is 4.17. The Labute approximate surface area is 99.5 Å². The van der Waals surface area contributed by atoms with Crippen LogP contribution in [0.25, 0.3) is 10.7 Å². The summed E-state index contributed by atoms with van der Waals surface area (Å²) in [6, 6.07) is 3.65. The van der Waals surface area contributed by atoms with Gasteiger partial charge in [0.25, 0.3) is 5.88 Å². The molecule has 1 N–H and O–H groups in total. The minimum atomic E-state index is -1.16. The van der Waals surface area contributed by atoms with Crippen LogP contribution < -0.4 is 9.47 Å². The highest BCUT2D eigenvalue weighted by Crippen LogP contribution is 2.35. The van der Waals surface area contributed by atoms with Crippen molar-refractivity contribution in [2.75, 3.05) is 6.79 Å². The Morgan fingerprint density at radius 3 is 3.00 bits per heavy atom. The molecule has 0 radical (unpaired) electrons. The van der Waals surface area contributed by atoms with Gasteiger partial charge in [-0.3, -0.25) is 0 Å². The molecule has 3 rings (SSSR count). The summed E-state index contributed by atoms with van der Waals surface area (Å²) in [7, 11) is 0. The first-order chi connectivity index (χ1) is 8.25. The first kappa shape index (κ1) is 10.0. The molecule has 0 spiro atoms. The summed E-state index contributed by atoms with van der Waals surface area (Å²) in [6.45, 7) is -0.0296. The van der Waals surface area contributed by atoms with Gasteiger partial charge in [-0.05, 0) is 11.4 Å². The van der Waals surface area contributed by atoms with Gasteiger partial charge in [0.1, 0.15) is 0 Å². The van der Waals surface area contributed by atoms with Gasteiger partial charge >= 0.3 is 5.97 Å². The van der Waals surface area contributed by atoms with Crippen LogP contribution in [0.2, 0.25) is 0 Å². The number of carboxylic acid groups (broad SMARTS) is 1. The zero-order valence-corrected chi connectivity index (χ0v) is 9.23. The molecular formula is C10H6N2O4S. The van der Waals surface area contributed by atoms with E-state index in [9.17, 15) is 4.79 Å². The number of hydrogen-bond acceptors (Lipinski definition) is 6. The lowest BCUT2D eigenvalue weighted by molar-refractivity contribution is 0.0685. The third-order valence-corrected chi connectivity index (χ3v) is 3.04. The van der Waals surface area contributed by atoms with Crippen LogP contribution in [-0.4, -0.2) is 27.8 Å². The molecular weight excluding hydrogens is 244 g/mol. The van der Waals surface area contributed by atoms with Crippen molar-refractivity contribution in [3.05, 3.63) is 23.2 Å². The molecule has 0 saturated heterocycles. The van der Waals surface area contributed by atoms with E-state index in [1.54, 1.807) is 0 Å². The molecule has 6 nitrogen and oxygen atoms in total. The van der Waals surface area contributed by atoms with Crippen LogP contribution in [0.4, 0.5) is 0 Å². The van der Waals surface area contributed by atoms with E-state index in [0.29, 0.717) is 5.82 Å². The number of aromatic nitrogens is 2. The maximum Gasteiger partial charge on any atom is 0.358 e. The highest BCUT2D eigenvalue weighted by molar-refractivity contribution is 7.13. The zero-order chi connectivity index (χ0) is 11.8. The summed E-state index contributed by atoms with van der Waals surface area (Å²) in [5.41, 5.74) is -0.170. The summed E-state index contributed by atoms with van der Waals surface area (Å²) in [5, 5.41) is 10.9. The van der Waals surface area contributed by atoms with Crippen molar-refractivity contribution in [3.8, 4) is 22.3 Å². The molecule has 1 aliphatic rings. The van der Waals surface area contributed by atoms with E-state index in [1.165, 1.54) is 11.3 Å². The Kier molecular flexibility index (Phi) is 2.19. The number of fused-ring (bicyclic) bond motifs is 1. The van der Waals surface area contributed by atoms with Gasteiger partial charge in [-0.15, -0.1) is 11.3 Å². The van der Waals surface area contributed by atoms with E-state index in [1.807, 2.05) is 17.5 Å². The van der Waals surface area contributed by atoms with Gasteiger partial charge in [-0.2, -0.15) is 4.98 Å². The van der Waals surface area contributed by atoms with Crippen LogP contribution in [-0.2, 0) is 0 Å². The molecule has 17 heavy (non-hydrogen) atoms. The Morgan fingerprint density at radius 2 is 2.29 bits per heavy atom. The summed E-state index contributed by atoms with van der Waals surface area (Å²) in [4.78, 5) is 20.0. The Balaban J connectivity index is 2.20. The molecule has 2 aromatic heterocycles. The van der Waals surface area contributed by atoms with Crippen molar-refractivity contribution < 1.29 is 19.4 Å². The number of carbonyl (C=O) groups is 1. The standard InChI is InChI=1S/C10H6N2O4S/c13-10(14)6-7-9(16-4-15-7)12-8(11-6)5-2-1-3-17-5/h1-3H,4H2,(H,13,14). The van der Waals surface area contributed by atoms with Crippen LogP contribution in [0.3, 0.4) is 0 Å². The fraction of sp³-hybridized carbons (Fsp3) is 0.100. The number of nitrogens with zero attached hydrogens (tertiary/aromatic N) is 2. The average Bonchev–Trinajstić information content (AvgIpc) is 2.98. The van der Waals surface area contributed by atoms with Crippen LogP contribution in [0, 0.1) is 0 Å². The lowest BCUT2D eigenvalue weighted by Gasteiger charge is -2.02. The molecule has 2 aromatic rings.